The first-order valence-corrected chi connectivity index (χ1v) is 8.52. The Labute approximate surface area is 128 Å². The maximum Gasteiger partial charge on any atom is 0.158 e. The molecule has 2 aromatic rings. The zero-order chi connectivity index (χ0) is 15.5. The van der Waals surface area contributed by atoms with Crippen LogP contribution in [-0.4, -0.2) is 8.42 Å². The van der Waals surface area contributed by atoms with Crippen molar-refractivity contribution in [2.75, 3.05) is 0 Å². The van der Waals surface area contributed by atoms with Crippen LogP contribution in [-0.2, 0) is 27.9 Å². The second-order valence-corrected chi connectivity index (χ2v) is 7.21. The van der Waals surface area contributed by atoms with E-state index in [0.717, 1.165) is 0 Å². The molecule has 3 nitrogen and oxygen atoms in total. The number of hydrogen-bond donors (Lipinski definition) is 1. The van der Waals surface area contributed by atoms with Crippen LogP contribution in [0.15, 0.2) is 42.5 Å². The number of nitrogens with two attached hydrogens (primary N) is 1. The average molecular weight is 328 g/mol. The fraction of sp³-hybridized carbons (Fsp3) is 0.200. The Morgan fingerprint density at radius 1 is 1.00 bits per heavy atom. The molecule has 0 saturated heterocycles. The summed E-state index contributed by atoms with van der Waals surface area (Å²) in [6.07, 6.45) is 0. The van der Waals surface area contributed by atoms with Gasteiger partial charge in [0.1, 0.15) is 5.82 Å². The van der Waals surface area contributed by atoms with Crippen molar-refractivity contribution in [1.29, 1.82) is 0 Å². The maximum absolute atomic E-state index is 13.1. The lowest BCUT2D eigenvalue weighted by Crippen LogP contribution is -2.11. The molecule has 0 radical (unpaired) electrons. The lowest BCUT2D eigenvalue weighted by atomic mass is 10.1. The summed E-state index contributed by atoms with van der Waals surface area (Å²) in [4.78, 5) is 0. The van der Waals surface area contributed by atoms with Crippen LogP contribution in [0.25, 0.3) is 0 Å². The van der Waals surface area contributed by atoms with Gasteiger partial charge in [-0.1, -0.05) is 35.9 Å². The molecule has 0 heterocycles. The van der Waals surface area contributed by atoms with Crippen LogP contribution in [0.4, 0.5) is 4.39 Å². The number of benzene rings is 2. The first-order chi connectivity index (χ1) is 9.91. The van der Waals surface area contributed by atoms with Crippen molar-refractivity contribution >= 4 is 21.4 Å². The van der Waals surface area contributed by atoms with Gasteiger partial charge in [-0.25, -0.2) is 12.8 Å². The average Bonchev–Trinajstić information content (AvgIpc) is 2.43. The molecular formula is C15H15ClFNO2S. The van der Waals surface area contributed by atoms with E-state index >= 15 is 0 Å². The molecular weight excluding hydrogens is 313 g/mol. The minimum Gasteiger partial charge on any atom is -0.326 e. The molecule has 0 fully saturated rings. The van der Waals surface area contributed by atoms with E-state index in [1.807, 2.05) is 0 Å². The van der Waals surface area contributed by atoms with Crippen molar-refractivity contribution < 1.29 is 12.8 Å². The number of hydrogen-bond acceptors (Lipinski definition) is 3. The van der Waals surface area contributed by atoms with E-state index in [0.29, 0.717) is 21.7 Å². The SMILES string of the molecule is NCc1cc(F)ccc1CS(=O)(=O)Cc1ccccc1Cl. The third-order valence-corrected chi connectivity index (χ3v) is 4.97. The maximum atomic E-state index is 13.1. The quantitative estimate of drug-likeness (QED) is 0.918. The molecule has 0 spiro atoms. The van der Waals surface area contributed by atoms with E-state index in [1.54, 1.807) is 24.3 Å². The minimum absolute atomic E-state index is 0.0920. The van der Waals surface area contributed by atoms with Gasteiger partial charge in [0, 0.05) is 11.6 Å². The molecule has 0 bridgehead atoms. The normalized spacial score (nSPS) is 11.6. The highest BCUT2D eigenvalue weighted by Gasteiger charge is 2.17. The monoisotopic (exact) mass is 327 g/mol. The van der Waals surface area contributed by atoms with Gasteiger partial charge in [0.2, 0.25) is 0 Å². The highest BCUT2D eigenvalue weighted by molar-refractivity contribution is 7.89. The molecule has 0 amide bonds. The molecule has 0 saturated carbocycles. The van der Waals surface area contributed by atoms with Crippen molar-refractivity contribution in [1.82, 2.24) is 0 Å². The van der Waals surface area contributed by atoms with Gasteiger partial charge in [-0.2, -0.15) is 0 Å². The van der Waals surface area contributed by atoms with Crippen molar-refractivity contribution in [3.63, 3.8) is 0 Å². The van der Waals surface area contributed by atoms with Crippen LogP contribution in [0.1, 0.15) is 16.7 Å². The number of halogens is 2. The van der Waals surface area contributed by atoms with E-state index in [4.69, 9.17) is 17.3 Å². The molecule has 2 rings (SSSR count). The van der Waals surface area contributed by atoms with Crippen LogP contribution < -0.4 is 5.73 Å². The van der Waals surface area contributed by atoms with Gasteiger partial charge in [0.25, 0.3) is 0 Å². The summed E-state index contributed by atoms with van der Waals surface area (Å²) in [5.74, 6) is -0.776. The first kappa shape index (κ1) is 15.9. The molecule has 6 heteroatoms. The molecule has 0 unspecified atom stereocenters. The molecule has 0 aliphatic carbocycles. The summed E-state index contributed by atoms with van der Waals surface area (Å²) in [6.45, 7) is 0.0920. The largest absolute Gasteiger partial charge is 0.326 e. The van der Waals surface area contributed by atoms with Crippen LogP contribution in [0.3, 0.4) is 0 Å². The Morgan fingerprint density at radius 2 is 1.67 bits per heavy atom. The van der Waals surface area contributed by atoms with Gasteiger partial charge in [0.15, 0.2) is 9.84 Å². The van der Waals surface area contributed by atoms with Gasteiger partial charge in [-0.3, -0.25) is 0 Å². The van der Waals surface area contributed by atoms with Gasteiger partial charge in [-0.05, 0) is 34.9 Å². The molecule has 21 heavy (non-hydrogen) atoms. The van der Waals surface area contributed by atoms with Crippen molar-refractivity contribution in [3.8, 4) is 0 Å². The Kier molecular flexibility index (Phi) is 4.98. The third kappa shape index (κ3) is 4.27. The molecule has 2 N–H and O–H groups in total. The Balaban J connectivity index is 2.24. The van der Waals surface area contributed by atoms with E-state index in [-0.39, 0.29) is 18.1 Å². The fourth-order valence-electron chi connectivity index (χ4n) is 2.07. The fourth-order valence-corrected chi connectivity index (χ4v) is 3.93. The summed E-state index contributed by atoms with van der Waals surface area (Å²) in [6, 6.07) is 10.8. The highest BCUT2D eigenvalue weighted by atomic mass is 35.5. The molecule has 0 aromatic heterocycles. The standard InChI is InChI=1S/C15H15ClFNO2S/c16-15-4-2-1-3-12(15)10-21(19,20)9-11-5-6-14(17)7-13(11)8-18/h1-7H,8-10,18H2. The Hall–Kier alpha value is -1.43. The second kappa shape index (κ2) is 6.56. The summed E-state index contributed by atoms with van der Waals surface area (Å²) in [5.41, 5.74) is 7.10. The van der Waals surface area contributed by atoms with Gasteiger partial charge in [0.05, 0.1) is 11.5 Å². The van der Waals surface area contributed by atoms with Crippen molar-refractivity contribution in [2.24, 2.45) is 5.73 Å². The number of sulfone groups is 1. The van der Waals surface area contributed by atoms with Crippen molar-refractivity contribution in [2.45, 2.75) is 18.1 Å². The molecule has 0 aliphatic rings. The van der Waals surface area contributed by atoms with E-state index in [2.05, 4.69) is 0 Å². The second-order valence-electron chi connectivity index (χ2n) is 4.74. The lowest BCUT2D eigenvalue weighted by molar-refractivity contribution is 0.593. The van der Waals surface area contributed by atoms with Crippen LogP contribution in [0.2, 0.25) is 5.02 Å². The Bertz CT molecular complexity index is 747. The van der Waals surface area contributed by atoms with E-state index < -0.39 is 15.7 Å². The van der Waals surface area contributed by atoms with E-state index in [9.17, 15) is 12.8 Å². The predicted octanol–water partition coefficient (Wildman–Crippen LogP) is 3.05. The molecule has 112 valence electrons. The first-order valence-electron chi connectivity index (χ1n) is 6.32. The zero-order valence-electron chi connectivity index (χ0n) is 11.2. The Morgan fingerprint density at radius 3 is 2.33 bits per heavy atom. The smallest absolute Gasteiger partial charge is 0.158 e. The highest BCUT2D eigenvalue weighted by Crippen LogP contribution is 2.21. The van der Waals surface area contributed by atoms with E-state index in [1.165, 1.54) is 18.2 Å². The van der Waals surface area contributed by atoms with Gasteiger partial charge >= 0.3 is 0 Å². The summed E-state index contributed by atoms with van der Waals surface area (Å²) >= 11 is 5.98. The molecule has 0 aliphatic heterocycles. The molecule has 0 atom stereocenters. The van der Waals surface area contributed by atoms with Gasteiger partial charge in [-0.15, -0.1) is 0 Å². The lowest BCUT2D eigenvalue weighted by Gasteiger charge is -2.10. The van der Waals surface area contributed by atoms with Crippen LogP contribution in [0, 0.1) is 5.82 Å². The summed E-state index contributed by atoms with van der Waals surface area (Å²) < 4.78 is 37.7. The van der Waals surface area contributed by atoms with Gasteiger partial charge < -0.3 is 5.73 Å². The van der Waals surface area contributed by atoms with Crippen LogP contribution in [0.5, 0.6) is 0 Å². The van der Waals surface area contributed by atoms with Crippen LogP contribution >= 0.6 is 11.6 Å². The minimum atomic E-state index is -3.42. The summed E-state index contributed by atoms with van der Waals surface area (Å²) in [7, 11) is -3.42. The topological polar surface area (TPSA) is 60.2 Å². The summed E-state index contributed by atoms with van der Waals surface area (Å²) in [5, 5.41) is 0.416. The zero-order valence-corrected chi connectivity index (χ0v) is 12.8. The van der Waals surface area contributed by atoms with Crippen molar-refractivity contribution in [3.05, 3.63) is 70.0 Å². The predicted molar refractivity (Wildman–Crippen MR) is 82.1 cm³/mol. The molecule has 2 aromatic carbocycles. The number of rotatable bonds is 5. The third-order valence-electron chi connectivity index (χ3n) is 3.10.